The molecule has 0 amide bonds. The highest BCUT2D eigenvalue weighted by Gasteiger charge is 1.70. The van der Waals surface area contributed by atoms with Gasteiger partial charge in [-0.3, -0.25) is 0 Å². The van der Waals surface area contributed by atoms with Crippen LogP contribution in [0.25, 0.3) is 0 Å². The maximum Gasteiger partial charge on any atom is 0.170 e. The molecule has 0 radical (unpaired) electrons. The maximum absolute atomic E-state index is 5.14. The summed E-state index contributed by atoms with van der Waals surface area (Å²) in [6.45, 7) is 5.69. The van der Waals surface area contributed by atoms with Gasteiger partial charge in [-0.05, 0) is 0 Å². The van der Waals surface area contributed by atoms with E-state index in [4.69, 9.17) is 4.12 Å². The molecular weight excluding hydrogens is 108 g/mol. The van der Waals surface area contributed by atoms with Crippen LogP contribution in [0.4, 0.5) is 0 Å². The number of hydrogen-bond donors (Lipinski definition) is 0. The average Bonchev–Trinajstić information content (AvgIpc) is 1.61. The molecule has 0 N–H and O–H groups in total. The second-order valence-electron chi connectivity index (χ2n) is 0.948. The summed E-state index contributed by atoms with van der Waals surface area (Å²) < 4.78 is 5.14. The Morgan fingerprint density at radius 3 is 2.67 bits per heavy atom. The first-order chi connectivity index (χ1) is 2.91. The second kappa shape index (κ2) is 5.13. The van der Waals surface area contributed by atoms with Gasteiger partial charge in [0.05, 0.1) is 0 Å². The van der Waals surface area contributed by atoms with Crippen molar-refractivity contribution in [2.45, 2.75) is 6.55 Å². The summed E-state index contributed by atoms with van der Waals surface area (Å²) in [5.74, 6) is 0. The molecule has 0 aromatic heterocycles. The molecule has 0 rings (SSSR count). The molecule has 3 heteroatoms. The van der Waals surface area contributed by atoms with E-state index >= 15 is 0 Å². The maximum atomic E-state index is 5.14. The Morgan fingerprint density at radius 1 is 1.83 bits per heavy atom. The van der Waals surface area contributed by atoms with E-state index in [0.717, 1.165) is 0 Å². The van der Waals surface area contributed by atoms with E-state index in [1.807, 2.05) is 5.70 Å². The summed E-state index contributed by atoms with van der Waals surface area (Å²) in [4.78, 5) is 0. The van der Waals surface area contributed by atoms with E-state index in [1.165, 1.54) is 0 Å². The van der Waals surface area contributed by atoms with Gasteiger partial charge in [0.2, 0.25) is 0 Å². The Balaban J connectivity index is 2.49. The fraction of sp³-hybridized carbons (Fsp3) is 0.333. The van der Waals surface area contributed by atoms with E-state index < -0.39 is 0 Å². The van der Waals surface area contributed by atoms with E-state index in [2.05, 4.69) is 13.1 Å². The van der Waals surface area contributed by atoms with Crippen molar-refractivity contribution in [2.75, 3.05) is 0 Å². The molecule has 0 unspecified atom stereocenters. The smallest absolute Gasteiger partial charge is 0.170 e. The summed E-state index contributed by atoms with van der Waals surface area (Å²) in [7, 11) is -0.359. The van der Waals surface area contributed by atoms with E-state index in [0.29, 0.717) is 0 Å². The molecule has 0 fully saturated rings. The largest absolute Gasteiger partial charge is 0.462 e. The van der Waals surface area contributed by atoms with Gasteiger partial charge in [0.25, 0.3) is 0 Å². The molecule has 0 aromatic rings. The van der Waals surface area contributed by atoms with Gasteiger partial charge in [-0.15, -0.1) is 6.58 Å². The van der Waals surface area contributed by atoms with Crippen molar-refractivity contribution in [1.29, 1.82) is 0 Å². The predicted molar refractivity (Wildman–Crippen MR) is 34.2 cm³/mol. The summed E-state index contributed by atoms with van der Waals surface area (Å²) >= 11 is 0. The van der Waals surface area contributed by atoms with Crippen molar-refractivity contribution >= 4 is 19.5 Å². The highest BCUT2D eigenvalue weighted by atomic mass is 28.3. The normalized spacial score (nSPS) is 12.2. The monoisotopic (exact) mass is 118 g/mol. The van der Waals surface area contributed by atoms with Crippen molar-refractivity contribution in [1.82, 2.24) is 0 Å². The van der Waals surface area contributed by atoms with Crippen LogP contribution in [-0.2, 0) is 4.12 Å². The van der Waals surface area contributed by atoms with Gasteiger partial charge >= 0.3 is 0 Å². The van der Waals surface area contributed by atoms with Gasteiger partial charge < -0.3 is 4.12 Å². The van der Waals surface area contributed by atoms with Gasteiger partial charge in [0.15, 0.2) is 9.76 Å². The molecule has 0 aliphatic rings. The second-order valence-corrected chi connectivity index (χ2v) is 4.07. The lowest BCUT2D eigenvalue weighted by Crippen LogP contribution is -1.95. The molecule has 0 heterocycles. The molecular formula is C3H10OSi2. The first-order valence-corrected chi connectivity index (χ1v) is 5.49. The Bertz CT molecular complexity index is 37.8. The van der Waals surface area contributed by atoms with Crippen molar-refractivity contribution in [3.05, 3.63) is 12.3 Å². The molecule has 0 atom stereocenters. The molecule has 0 aliphatic carbocycles. The van der Waals surface area contributed by atoms with Crippen LogP contribution in [0.2, 0.25) is 6.55 Å². The molecule has 0 aromatic carbocycles. The standard InChI is InChI=1S/C3H10OSi2/c1-3-6-4-5-2/h3H,1,5-6H2,2H3. The fourth-order valence-electron chi connectivity index (χ4n) is 0.201. The average molecular weight is 118 g/mol. The minimum Gasteiger partial charge on any atom is -0.462 e. The minimum absolute atomic E-state index is 0.107. The molecule has 1 nitrogen and oxygen atoms in total. The van der Waals surface area contributed by atoms with E-state index in [-0.39, 0.29) is 19.5 Å². The molecule has 0 saturated carbocycles. The van der Waals surface area contributed by atoms with Crippen LogP contribution in [0.3, 0.4) is 0 Å². The van der Waals surface area contributed by atoms with Gasteiger partial charge in [0.1, 0.15) is 9.76 Å². The highest BCUT2D eigenvalue weighted by Crippen LogP contribution is 1.62. The quantitative estimate of drug-likeness (QED) is 0.354. The van der Waals surface area contributed by atoms with Crippen LogP contribution in [0.1, 0.15) is 0 Å². The highest BCUT2D eigenvalue weighted by molar-refractivity contribution is 6.45. The lowest BCUT2D eigenvalue weighted by Gasteiger charge is -1.87. The summed E-state index contributed by atoms with van der Waals surface area (Å²) in [5.41, 5.74) is 1.91. The van der Waals surface area contributed by atoms with Crippen LogP contribution in [-0.4, -0.2) is 19.5 Å². The van der Waals surface area contributed by atoms with E-state index in [9.17, 15) is 0 Å². The van der Waals surface area contributed by atoms with Crippen LogP contribution in [0.5, 0.6) is 0 Å². The molecule has 0 saturated heterocycles. The van der Waals surface area contributed by atoms with Gasteiger partial charge in [-0.1, -0.05) is 12.2 Å². The van der Waals surface area contributed by atoms with Gasteiger partial charge in [-0.2, -0.15) is 0 Å². The molecule has 6 heavy (non-hydrogen) atoms. The molecule has 0 aliphatic heterocycles. The Kier molecular flexibility index (Phi) is 5.25. The first-order valence-electron chi connectivity index (χ1n) is 2.10. The third-order valence-corrected chi connectivity index (χ3v) is 3.25. The molecule has 0 spiro atoms. The van der Waals surface area contributed by atoms with Crippen molar-refractivity contribution in [3.8, 4) is 0 Å². The zero-order valence-corrected chi connectivity index (χ0v) is 6.94. The van der Waals surface area contributed by atoms with E-state index in [1.54, 1.807) is 0 Å². The number of hydrogen-bond acceptors (Lipinski definition) is 1. The summed E-state index contributed by atoms with van der Waals surface area (Å²) in [5, 5.41) is 0. The fourth-order valence-corrected chi connectivity index (χ4v) is 1.81. The van der Waals surface area contributed by atoms with Gasteiger partial charge in [-0.25, -0.2) is 0 Å². The van der Waals surface area contributed by atoms with Crippen LogP contribution in [0.15, 0.2) is 12.3 Å². The zero-order valence-electron chi connectivity index (χ0n) is 4.11. The Morgan fingerprint density at radius 2 is 2.50 bits per heavy atom. The van der Waals surface area contributed by atoms with Crippen molar-refractivity contribution < 1.29 is 4.12 Å². The topological polar surface area (TPSA) is 9.23 Å². The lowest BCUT2D eigenvalue weighted by atomic mass is 11.3. The first kappa shape index (κ1) is 6.13. The van der Waals surface area contributed by atoms with Crippen LogP contribution >= 0.6 is 0 Å². The summed E-state index contributed by atoms with van der Waals surface area (Å²) in [6.07, 6.45) is 0. The lowest BCUT2D eigenvalue weighted by molar-refractivity contribution is 0.657. The molecule has 36 valence electrons. The van der Waals surface area contributed by atoms with Crippen LogP contribution in [0, 0.1) is 0 Å². The van der Waals surface area contributed by atoms with Crippen molar-refractivity contribution in [2.24, 2.45) is 0 Å². The number of rotatable bonds is 3. The predicted octanol–water partition coefficient (Wildman–Crippen LogP) is -0.638. The van der Waals surface area contributed by atoms with Gasteiger partial charge in [0, 0.05) is 0 Å². The molecule has 0 bridgehead atoms. The SMILES string of the molecule is C=C[SiH2]O[SiH2]C. The van der Waals surface area contributed by atoms with Crippen LogP contribution < -0.4 is 0 Å². The minimum atomic E-state index is -0.253. The Labute approximate surface area is 43.3 Å². The third-order valence-electron chi connectivity index (χ3n) is 0.440. The zero-order chi connectivity index (χ0) is 4.83. The third kappa shape index (κ3) is 4.13. The summed E-state index contributed by atoms with van der Waals surface area (Å²) in [6, 6.07) is 0. The van der Waals surface area contributed by atoms with Crippen molar-refractivity contribution in [3.63, 3.8) is 0 Å². The Hall–Kier alpha value is 0.134.